The van der Waals surface area contributed by atoms with Crippen molar-refractivity contribution in [1.82, 2.24) is 4.57 Å². The van der Waals surface area contributed by atoms with Gasteiger partial charge in [-0.2, -0.15) is 0 Å². The van der Waals surface area contributed by atoms with E-state index in [0.29, 0.717) is 13.3 Å². The third-order valence-corrected chi connectivity index (χ3v) is 7.00. The Hall–Kier alpha value is -1.63. The van der Waals surface area contributed by atoms with Crippen molar-refractivity contribution < 1.29 is 9.47 Å². The summed E-state index contributed by atoms with van der Waals surface area (Å²) in [5.41, 5.74) is 1.98. The van der Waals surface area contributed by atoms with E-state index in [2.05, 4.69) is 19.6 Å². The van der Waals surface area contributed by atoms with E-state index in [9.17, 15) is 4.79 Å². The van der Waals surface area contributed by atoms with Crippen LogP contribution in [-0.2, 0) is 11.5 Å². The van der Waals surface area contributed by atoms with E-state index in [0.717, 1.165) is 38.3 Å². The predicted molar refractivity (Wildman–Crippen MR) is 109 cm³/mol. The van der Waals surface area contributed by atoms with Gasteiger partial charge in [-0.15, -0.1) is 11.3 Å². The molecule has 0 amide bonds. The average Bonchev–Trinajstić information content (AvgIpc) is 3.03. The number of thiophene rings is 1. The largest absolute Gasteiger partial charge is 0.497 e. The summed E-state index contributed by atoms with van der Waals surface area (Å²) in [6.07, 6.45) is 0. The first kappa shape index (κ1) is 18.2. The van der Waals surface area contributed by atoms with Gasteiger partial charge in [0, 0.05) is 25.5 Å². The number of rotatable bonds is 6. The zero-order chi connectivity index (χ0) is 18.2. The molecule has 0 saturated heterocycles. The molecule has 1 aromatic carbocycles. The fourth-order valence-electron chi connectivity index (χ4n) is 3.00. The van der Waals surface area contributed by atoms with Crippen LogP contribution in [0.1, 0.15) is 5.56 Å². The highest BCUT2D eigenvalue weighted by Gasteiger charge is 2.16. The van der Waals surface area contributed by atoms with Crippen molar-refractivity contribution in [3.63, 3.8) is 0 Å². The molecule has 0 aliphatic carbocycles. The van der Waals surface area contributed by atoms with Crippen LogP contribution in [0, 0.1) is 6.92 Å². The summed E-state index contributed by atoms with van der Waals surface area (Å²) >= 11 is 1.48. The lowest BCUT2D eigenvalue weighted by Gasteiger charge is -2.18. The van der Waals surface area contributed by atoms with E-state index in [1.165, 1.54) is 11.3 Å². The highest BCUT2D eigenvalue weighted by molar-refractivity contribution is 7.17. The monoisotopic (exact) mass is 375 g/mol. The van der Waals surface area contributed by atoms with Gasteiger partial charge >= 0.3 is 0 Å². The minimum absolute atomic E-state index is 0.0266. The average molecular weight is 376 g/mol. The van der Waals surface area contributed by atoms with Crippen LogP contribution in [0.4, 0.5) is 0 Å². The number of methoxy groups -OCH3 is 1. The lowest BCUT2D eigenvalue weighted by atomic mass is 10.1. The van der Waals surface area contributed by atoms with E-state index < -0.39 is 8.07 Å². The van der Waals surface area contributed by atoms with Crippen molar-refractivity contribution >= 4 is 40.4 Å². The normalized spacial score (nSPS) is 12.2. The van der Waals surface area contributed by atoms with E-state index in [1.807, 2.05) is 30.5 Å². The zero-order valence-electron chi connectivity index (χ0n) is 15.5. The predicted octanol–water partition coefficient (Wildman–Crippen LogP) is 4.85. The van der Waals surface area contributed by atoms with Gasteiger partial charge in [0.1, 0.15) is 17.2 Å². The molecule has 134 valence electrons. The van der Waals surface area contributed by atoms with Crippen LogP contribution in [0.15, 0.2) is 28.4 Å². The molecule has 0 unspecified atom stereocenters. The van der Waals surface area contributed by atoms with Gasteiger partial charge in [-0.3, -0.25) is 9.36 Å². The molecule has 2 heterocycles. The van der Waals surface area contributed by atoms with Gasteiger partial charge in [0.05, 0.1) is 12.6 Å². The van der Waals surface area contributed by atoms with Gasteiger partial charge in [-0.25, -0.2) is 0 Å². The smallest absolute Gasteiger partial charge is 0.270 e. The van der Waals surface area contributed by atoms with Crippen LogP contribution >= 0.6 is 11.3 Å². The van der Waals surface area contributed by atoms with Crippen LogP contribution < -0.4 is 10.3 Å². The Morgan fingerprint density at radius 1 is 1.20 bits per heavy atom. The topological polar surface area (TPSA) is 40.5 Å². The third-order valence-electron chi connectivity index (χ3n) is 4.39. The number of pyridine rings is 1. The second-order valence-corrected chi connectivity index (χ2v) is 14.1. The number of aromatic nitrogens is 1. The fourth-order valence-corrected chi connectivity index (χ4v) is 4.61. The molecule has 0 spiro atoms. The first-order valence-electron chi connectivity index (χ1n) is 8.48. The molecule has 3 aromatic rings. The van der Waals surface area contributed by atoms with Gasteiger partial charge < -0.3 is 9.47 Å². The number of nitrogens with zero attached hydrogens (tertiary/aromatic N) is 1. The number of ether oxygens (including phenoxy) is 2. The Morgan fingerprint density at radius 3 is 2.64 bits per heavy atom. The van der Waals surface area contributed by atoms with Gasteiger partial charge in [0.25, 0.3) is 5.56 Å². The Balaban J connectivity index is 2.09. The van der Waals surface area contributed by atoms with Crippen LogP contribution in [0.5, 0.6) is 5.75 Å². The number of hydrogen-bond acceptors (Lipinski definition) is 4. The van der Waals surface area contributed by atoms with Crippen molar-refractivity contribution in [3.05, 3.63) is 39.5 Å². The number of benzene rings is 1. The Morgan fingerprint density at radius 2 is 1.96 bits per heavy atom. The van der Waals surface area contributed by atoms with Gasteiger partial charge in [-0.05, 0) is 42.1 Å². The zero-order valence-corrected chi connectivity index (χ0v) is 17.3. The number of hydrogen-bond donors (Lipinski definition) is 0. The minimum Gasteiger partial charge on any atom is -0.497 e. The molecule has 0 aliphatic heterocycles. The lowest BCUT2D eigenvalue weighted by molar-refractivity contribution is 0.0881. The van der Waals surface area contributed by atoms with Crippen molar-refractivity contribution in [1.29, 1.82) is 0 Å². The minimum atomic E-state index is -1.15. The van der Waals surface area contributed by atoms with Gasteiger partial charge in [0.15, 0.2) is 0 Å². The van der Waals surface area contributed by atoms with Crippen LogP contribution in [0.3, 0.4) is 0 Å². The van der Waals surface area contributed by atoms with Crippen LogP contribution in [0.25, 0.3) is 21.0 Å². The Bertz CT molecular complexity index is 969. The summed E-state index contributed by atoms with van der Waals surface area (Å²) in [6.45, 7) is 9.98. The maximum Gasteiger partial charge on any atom is 0.270 e. The van der Waals surface area contributed by atoms with Crippen molar-refractivity contribution in [3.8, 4) is 5.75 Å². The maximum atomic E-state index is 13.0. The SMILES string of the molecule is COc1cc(C)c2c(c1)c1ccsc1c(=O)n2COCC[Si](C)(C)C. The molecular weight excluding hydrogens is 350 g/mol. The van der Waals surface area contributed by atoms with E-state index in [-0.39, 0.29) is 5.56 Å². The second kappa shape index (κ2) is 6.94. The molecule has 0 aliphatic rings. The molecule has 25 heavy (non-hydrogen) atoms. The van der Waals surface area contributed by atoms with E-state index >= 15 is 0 Å². The molecular formula is C19H25NO3SSi. The van der Waals surface area contributed by atoms with E-state index in [4.69, 9.17) is 9.47 Å². The first-order valence-corrected chi connectivity index (χ1v) is 13.1. The third kappa shape index (κ3) is 3.66. The molecule has 0 radical (unpaired) electrons. The Labute approximate surface area is 153 Å². The van der Waals surface area contributed by atoms with Crippen molar-refractivity contribution in [2.45, 2.75) is 39.3 Å². The molecule has 6 heteroatoms. The summed E-state index contributed by atoms with van der Waals surface area (Å²) in [5, 5.41) is 4.00. The molecule has 0 fully saturated rings. The highest BCUT2D eigenvalue weighted by Crippen LogP contribution is 2.31. The second-order valence-electron chi connectivity index (χ2n) is 7.59. The summed E-state index contributed by atoms with van der Waals surface area (Å²) in [5.74, 6) is 0.808. The molecule has 3 rings (SSSR count). The molecule has 0 atom stereocenters. The fraction of sp³-hybridized carbons (Fsp3) is 0.421. The first-order chi connectivity index (χ1) is 11.8. The maximum absolute atomic E-state index is 13.0. The highest BCUT2D eigenvalue weighted by atomic mass is 32.1. The van der Waals surface area contributed by atoms with Gasteiger partial charge in [-0.1, -0.05) is 19.6 Å². The Kier molecular flexibility index (Phi) is 5.04. The van der Waals surface area contributed by atoms with Crippen molar-refractivity contribution in [2.24, 2.45) is 0 Å². The summed E-state index contributed by atoms with van der Waals surface area (Å²) < 4.78 is 13.9. The molecule has 0 bridgehead atoms. The molecule has 4 nitrogen and oxygen atoms in total. The number of fused-ring (bicyclic) bond motifs is 3. The molecule has 2 aromatic heterocycles. The number of aryl methyl sites for hydroxylation is 1. The van der Waals surface area contributed by atoms with Gasteiger partial charge in [0.2, 0.25) is 0 Å². The summed E-state index contributed by atoms with van der Waals surface area (Å²) in [6, 6.07) is 7.08. The lowest BCUT2D eigenvalue weighted by Crippen LogP contribution is -2.25. The standard InChI is InChI=1S/C19H25NO3SSi/c1-13-10-14(22-2)11-16-15-6-8-24-18(15)19(21)20(17(13)16)12-23-7-9-25(3,4)5/h6,8,10-11H,7,9,12H2,1-5H3. The quantitative estimate of drug-likeness (QED) is 0.457. The molecule has 0 saturated carbocycles. The summed E-state index contributed by atoms with van der Waals surface area (Å²) in [7, 11) is 0.522. The van der Waals surface area contributed by atoms with Crippen molar-refractivity contribution in [2.75, 3.05) is 13.7 Å². The van der Waals surface area contributed by atoms with Crippen LogP contribution in [-0.4, -0.2) is 26.4 Å². The van der Waals surface area contributed by atoms with Crippen LogP contribution in [0.2, 0.25) is 25.7 Å². The van der Waals surface area contributed by atoms with E-state index in [1.54, 1.807) is 11.7 Å². The summed E-state index contributed by atoms with van der Waals surface area (Å²) in [4.78, 5) is 13.0. The molecule has 0 N–H and O–H groups in total.